The minimum absolute atomic E-state index is 0.748. The van der Waals surface area contributed by atoms with Gasteiger partial charge in [0.2, 0.25) is 0 Å². The summed E-state index contributed by atoms with van der Waals surface area (Å²) in [6.45, 7) is 4.60. The topological polar surface area (TPSA) is 17.8 Å². The third kappa shape index (κ3) is 1.66. The molecule has 2 nitrogen and oxygen atoms in total. The van der Waals surface area contributed by atoms with Gasteiger partial charge in [-0.15, -0.1) is 6.58 Å². The van der Waals surface area contributed by atoms with Gasteiger partial charge in [0.05, 0.1) is 17.4 Å². The molecule has 0 saturated carbocycles. The zero-order valence-corrected chi connectivity index (χ0v) is 8.54. The van der Waals surface area contributed by atoms with Crippen LogP contribution < -0.4 is 0 Å². The van der Waals surface area contributed by atoms with Crippen LogP contribution in [0.2, 0.25) is 5.02 Å². The number of allylic oxidation sites excluding steroid dienone is 1. The zero-order chi connectivity index (χ0) is 9.97. The summed E-state index contributed by atoms with van der Waals surface area (Å²) in [6, 6.07) is 5.73. The highest BCUT2D eigenvalue weighted by Gasteiger charge is 2.01. The first-order valence-corrected chi connectivity index (χ1v) is 4.90. The van der Waals surface area contributed by atoms with Crippen molar-refractivity contribution >= 4 is 22.6 Å². The van der Waals surface area contributed by atoms with Crippen LogP contribution in [0, 0.1) is 0 Å². The number of hydrogen-bond donors (Lipinski definition) is 0. The van der Waals surface area contributed by atoms with Crippen molar-refractivity contribution in [2.24, 2.45) is 0 Å². The summed E-state index contributed by atoms with van der Waals surface area (Å²) in [5.41, 5.74) is 2.07. The van der Waals surface area contributed by atoms with Crippen molar-refractivity contribution in [2.75, 3.05) is 0 Å². The first-order valence-electron chi connectivity index (χ1n) is 4.52. The molecule has 0 saturated heterocycles. The number of halogens is 1. The van der Waals surface area contributed by atoms with E-state index in [4.69, 9.17) is 11.6 Å². The van der Waals surface area contributed by atoms with Gasteiger partial charge in [-0.1, -0.05) is 17.7 Å². The number of imidazole rings is 1. The van der Waals surface area contributed by atoms with Crippen molar-refractivity contribution < 1.29 is 0 Å². The van der Waals surface area contributed by atoms with Crippen LogP contribution in [-0.2, 0) is 6.54 Å². The molecular weight excluding hydrogens is 196 g/mol. The van der Waals surface area contributed by atoms with Crippen LogP contribution in [0.1, 0.15) is 6.42 Å². The normalized spacial score (nSPS) is 10.6. The largest absolute Gasteiger partial charge is 0.330 e. The van der Waals surface area contributed by atoms with Gasteiger partial charge < -0.3 is 4.57 Å². The fourth-order valence-corrected chi connectivity index (χ4v) is 1.60. The lowest BCUT2D eigenvalue weighted by molar-refractivity contribution is 0.731. The molecule has 2 aromatic rings. The Hall–Kier alpha value is -1.28. The van der Waals surface area contributed by atoms with E-state index in [0.29, 0.717) is 0 Å². The van der Waals surface area contributed by atoms with E-state index in [1.165, 1.54) is 0 Å². The Labute approximate surface area is 87.8 Å². The van der Waals surface area contributed by atoms with E-state index in [0.717, 1.165) is 29.0 Å². The van der Waals surface area contributed by atoms with Crippen LogP contribution in [0.4, 0.5) is 0 Å². The molecule has 0 fully saturated rings. The predicted octanol–water partition coefficient (Wildman–Crippen LogP) is 3.27. The molecule has 72 valence electrons. The molecule has 0 amide bonds. The molecule has 0 atom stereocenters. The van der Waals surface area contributed by atoms with Gasteiger partial charge in [0.25, 0.3) is 0 Å². The highest BCUT2D eigenvalue weighted by molar-refractivity contribution is 6.31. The lowest BCUT2D eigenvalue weighted by Gasteiger charge is -2.01. The van der Waals surface area contributed by atoms with Gasteiger partial charge >= 0.3 is 0 Å². The number of benzene rings is 1. The third-order valence-electron chi connectivity index (χ3n) is 2.16. The summed E-state index contributed by atoms with van der Waals surface area (Å²) in [5, 5.41) is 0.748. The monoisotopic (exact) mass is 206 g/mol. The highest BCUT2D eigenvalue weighted by atomic mass is 35.5. The Morgan fingerprint density at radius 1 is 1.50 bits per heavy atom. The number of rotatable bonds is 3. The SMILES string of the molecule is C=CCCn1cnc2ccc(Cl)cc21. The molecule has 0 radical (unpaired) electrons. The van der Waals surface area contributed by atoms with Crippen molar-refractivity contribution in [1.29, 1.82) is 0 Å². The highest BCUT2D eigenvalue weighted by Crippen LogP contribution is 2.18. The Kier molecular flexibility index (Phi) is 2.55. The van der Waals surface area contributed by atoms with Crippen LogP contribution in [0.3, 0.4) is 0 Å². The second kappa shape index (κ2) is 3.84. The molecule has 1 heterocycles. The average Bonchev–Trinajstić information content (AvgIpc) is 2.57. The van der Waals surface area contributed by atoms with Gasteiger partial charge in [0.1, 0.15) is 0 Å². The van der Waals surface area contributed by atoms with Crippen molar-refractivity contribution in [3.8, 4) is 0 Å². The fourth-order valence-electron chi connectivity index (χ4n) is 1.44. The minimum Gasteiger partial charge on any atom is -0.330 e. The van der Waals surface area contributed by atoms with Gasteiger partial charge in [-0.05, 0) is 24.6 Å². The van der Waals surface area contributed by atoms with Crippen LogP contribution in [-0.4, -0.2) is 9.55 Å². The second-order valence-electron chi connectivity index (χ2n) is 3.15. The van der Waals surface area contributed by atoms with Gasteiger partial charge in [0, 0.05) is 11.6 Å². The van der Waals surface area contributed by atoms with E-state index in [-0.39, 0.29) is 0 Å². The van der Waals surface area contributed by atoms with Crippen molar-refractivity contribution in [3.63, 3.8) is 0 Å². The Bertz CT molecular complexity index is 459. The lowest BCUT2D eigenvalue weighted by atomic mass is 10.3. The smallest absolute Gasteiger partial charge is 0.0958 e. The van der Waals surface area contributed by atoms with Crippen LogP contribution in [0.15, 0.2) is 37.2 Å². The molecular formula is C11H11ClN2. The quantitative estimate of drug-likeness (QED) is 0.705. The minimum atomic E-state index is 0.748. The maximum Gasteiger partial charge on any atom is 0.0958 e. The molecule has 3 heteroatoms. The molecule has 1 aromatic carbocycles. The summed E-state index contributed by atoms with van der Waals surface area (Å²) in [7, 11) is 0. The van der Waals surface area contributed by atoms with Crippen molar-refractivity contribution in [1.82, 2.24) is 9.55 Å². The molecule has 0 aliphatic rings. The first kappa shape index (κ1) is 9.28. The van der Waals surface area contributed by atoms with Crippen LogP contribution >= 0.6 is 11.6 Å². The number of fused-ring (bicyclic) bond motifs is 1. The van der Waals surface area contributed by atoms with E-state index >= 15 is 0 Å². The summed E-state index contributed by atoms with van der Waals surface area (Å²) in [5.74, 6) is 0. The summed E-state index contributed by atoms with van der Waals surface area (Å²) < 4.78 is 2.09. The Balaban J connectivity index is 2.44. The number of nitrogens with zero attached hydrogens (tertiary/aromatic N) is 2. The standard InChI is InChI=1S/C11H11ClN2/c1-2-3-6-14-8-13-10-5-4-9(12)7-11(10)14/h2,4-5,7-8H,1,3,6H2. The molecule has 0 N–H and O–H groups in total. The number of aryl methyl sites for hydroxylation is 1. The molecule has 0 bridgehead atoms. The number of hydrogen-bond acceptors (Lipinski definition) is 1. The zero-order valence-electron chi connectivity index (χ0n) is 7.78. The van der Waals surface area contributed by atoms with Crippen LogP contribution in [0.25, 0.3) is 11.0 Å². The average molecular weight is 207 g/mol. The maximum absolute atomic E-state index is 5.92. The molecule has 1 aromatic heterocycles. The van der Waals surface area contributed by atoms with Crippen molar-refractivity contribution in [3.05, 3.63) is 42.2 Å². The van der Waals surface area contributed by atoms with E-state index < -0.39 is 0 Å². The van der Waals surface area contributed by atoms with E-state index in [2.05, 4.69) is 16.1 Å². The van der Waals surface area contributed by atoms with Crippen LogP contribution in [0.5, 0.6) is 0 Å². The number of aromatic nitrogens is 2. The fraction of sp³-hybridized carbons (Fsp3) is 0.182. The van der Waals surface area contributed by atoms with E-state index in [1.54, 1.807) is 0 Å². The van der Waals surface area contributed by atoms with E-state index in [9.17, 15) is 0 Å². The molecule has 14 heavy (non-hydrogen) atoms. The van der Waals surface area contributed by atoms with Gasteiger partial charge in [-0.3, -0.25) is 0 Å². The van der Waals surface area contributed by atoms with Gasteiger partial charge in [-0.2, -0.15) is 0 Å². The maximum atomic E-state index is 5.92. The molecule has 0 spiro atoms. The molecule has 2 rings (SSSR count). The third-order valence-corrected chi connectivity index (χ3v) is 2.39. The second-order valence-corrected chi connectivity index (χ2v) is 3.58. The van der Waals surface area contributed by atoms with E-state index in [1.807, 2.05) is 30.6 Å². The van der Waals surface area contributed by atoms with Gasteiger partial charge in [-0.25, -0.2) is 4.98 Å². The lowest BCUT2D eigenvalue weighted by Crippen LogP contribution is -1.93. The summed E-state index contributed by atoms with van der Waals surface area (Å²) in [4.78, 5) is 4.28. The molecule has 0 aliphatic carbocycles. The van der Waals surface area contributed by atoms with Crippen molar-refractivity contribution in [2.45, 2.75) is 13.0 Å². The van der Waals surface area contributed by atoms with Gasteiger partial charge in [0.15, 0.2) is 0 Å². The summed E-state index contributed by atoms with van der Waals surface area (Å²) >= 11 is 5.92. The Morgan fingerprint density at radius 2 is 2.36 bits per heavy atom. The molecule has 0 aliphatic heterocycles. The summed E-state index contributed by atoms with van der Waals surface area (Å²) in [6.07, 6.45) is 4.68. The predicted molar refractivity (Wildman–Crippen MR) is 59.6 cm³/mol. The molecule has 0 unspecified atom stereocenters. The Morgan fingerprint density at radius 3 is 3.14 bits per heavy atom. The first-order chi connectivity index (χ1) is 6.81.